The summed E-state index contributed by atoms with van der Waals surface area (Å²) < 4.78 is 6.22. The SMILES string of the molecule is CC(C)(C)[SiH2]OC(C)(C)C1CCC(C(=O)O)CC1. The lowest BCUT2D eigenvalue weighted by atomic mass is 9.75. The molecule has 0 heterocycles. The number of hydrogen-bond donors (Lipinski definition) is 1. The first-order valence-corrected chi connectivity index (χ1v) is 8.27. The predicted octanol–water partition coefficient (Wildman–Crippen LogP) is 2.97. The van der Waals surface area contributed by atoms with Gasteiger partial charge in [-0.2, -0.15) is 0 Å². The molecule has 1 aliphatic carbocycles. The van der Waals surface area contributed by atoms with Crippen LogP contribution in [0.1, 0.15) is 60.3 Å². The van der Waals surface area contributed by atoms with E-state index in [1.807, 2.05) is 0 Å². The highest BCUT2D eigenvalue weighted by molar-refractivity contribution is 6.31. The van der Waals surface area contributed by atoms with E-state index in [1.165, 1.54) is 0 Å². The van der Waals surface area contributed by atoms with E-state index in [9.17, 15) is 4.79 Å². The van der Waals surface area contributed by atoms with E-state index >= 15 is 0 Å². The first-order chi connectivity index (χ1) is 8.12. The van der Waals surface area contributed by atoms with Crippen molar-refractivity contribution in [2.75, 3.05) is 0 Å². The zero-order valence-electron chi connectivity index (χ0n) is 12.5. The fourth-order valence-corrected chi connectivity index (χ4v) is 3.60. The molecule has 0 aromatic rings. The van der Waals surface area contributed by atoms with Crippen LogP contribution in [0.15, 0.2) is 0 Å². The largest absolute Gasteiger partial charge is 0.481 e. The van der Waals surface area contributed by atoms with E-state index in [-0.39, 0.29) is 11.5 Å². The Morgan fingerprint density at radius 3 is 2.00 bits per heavy atom. The van der Waals surface area contributed by atoms with Crippen LogP contribution in [0.2, 0.25) is 5.04 Å². The van der Waals surface area contributed by atoms with Crippen molar-refractivity contribution in [2.24, 2.45) is 11.8 Å². The molecular weight excluding hydrogens is 244 g/mol. The molecule has 0 atom stereocenters. The minimum Gasteiger partial charge on any atom is -0.481 e. The molecule has 3 nitrogen and oxygen atoms in total. The van der Waals surface area contributed by atoms with Crippen molar-refractivity contribution in [3.8, 4) is 0 Å². The molecule has 1 N–H and O–H groups in total. The van der Waals surface area contributed by atoms with Gasteiger partial charge in [0.1, 0.15) is 0 Å². The van der Waals surface area contributed by atoms with Crippen LogP contribution in [0.5, 0.6) is 0 Å². The topological polar surface area (TPSA) is 46.5 Å². The average Bonchev–Trinajstić information content (AvgIpc) is 2.26. The van der Waals surface area contributed by atoms with Crippen LogP contribution in [-0.2, 0) is 9.22 Å². The van der Waals surface area contributed by atoms with Crippen molar-refractivity contribution in [3.63, 3.8) is 0 Å². The molecule has 0 aliphatic heterocycles. The summed E-state index contributed by atoms with van der Waals surface area (Å²) in [5, 5.41) is 9.33. The molecule has 1 aliphatic rings. The van der Waals surface area contributed by atoms with Gasteiger partial charge in [0.05, 0.1) is 11.5 Å². The van der Waals surface area contributed by atoms with Gasteiger partial charge in [-0.3, -0.25) is 4.79 Å². The Morgan fingerprint density at radius 1 is 1.11 bits per heavy atom. The third-order valence-electron chi connectivity index (χ3n) is 3.94. The zero-order valence-corrected chi connectivity index (χ0v) is 13.9. The van der Waals surface area contributed by atoms with Gasteiger partial charge in [0.2, 0.25) is 0 Å². The summed E-state index contributed by atoms with van der Waals surface area (Å²) in [7, 11) is -0.545. The van der Waals surface area contributed by atoms with Gasteiger partial charge in [0.15, 0.2) is 9.76 Å². The molecule has 1 fully saturated rings. The van der Waals surface area contributed by atoms with Crippen LogP contribution in [0.3, 0.4) is 0 Å². The van der Waals surface area contributed by atoms with Gasteiger partial charge in [0.25, 0.3) is 0 Å². The molecule has 0 radical (unpaired) electrons. The smallest absolute Gasteiger partial charge is 0.306 e. The lowest BCUT2D eigenvalue weighted by Crippen LogP contribution is -2.40. The first kappa shape index (κ1) is 15.7. The van der Waals surface area contributed by atoms with Crippen molar-refractivity contribution >= 4 is 15.7 Å². The van der Waals surface area contributed by atoms with E-state index in [4.69, 9.17) is 9.53 Å². The van der Waals surface area contributed by atoms with Crippen LogP contribution in [0, 0.1) is 11.8 Å². The molecule has 0 bridgehead atoms. The van der Waals surface area contributed by atoms with Gasteiger partial charge >= 0.3 is 5.97 Å². The predicted molar refractivity (Wildman–Crippen MR) is 76.5 cm³/mol. The average molecular weight is 272 g/mol. The maximum atomic E-state index is 10.9. The van der Waals surface area contributed by atoms with Crippen molar-refractivity contribution in [1.82, 2.24) is 0 Å². The molecule has 1 saturated carbocycles. The van der Waals surface area contributed by atoms with Gasteiger partial charge in [-0.05, 0) is 50.5 Å². The van der Waals surface area contributed by atoms with E-state index in [0.29, 0.717) is 11.0 Å². The Balaban J connectivity index is 2.47. The zero-order chi connectivity index (χ0) is 14.0. The maximum absolute atomic E-state index is 10.9. The molecule has 0 aromatic carbocycles. The van der Waals surface area contributed by atoms with E-state index in [1.54, 1.807) is 0 Å². The maximum Gasteiger partial charge on any atom is 0.306 e. The van der Waals surface area contributed by atoms with E-state index in [2.05, 4.69) is 34.6 Å². The molecule has 4 heteroatoms. The molecule has 106 valence electrons. The Morgan fingerprint density at radius 2 is 1.61 bits per heavy atom. The standard InChI is InChI=1S/C14H28O3Si/c1-13(2,3)18-17-14(4,5)11-8-6-10(7-9-11)12(15)16/h10-11H,6-9,18H2,1-5H3,(H,15,16). The number of carbonyl (C=O) groups is 1. The Kier molecular flexibility index (Phi) is 5.01. The van der Waals surface area contributed by atoms with Crippen molar-refractivity contribution in [1.29, 1.82) is 0 Å². The Bertz CT molecular complexity index is 286. The Hall–Kier alpha value is -0.353. The van der Waals surface area contributed by atoms with Gasteiger partial charge < -0.3 is 9.53 Å². The second-order valence-corrected chi connectivity index (χ2v) is 10.0. The normalized spacial score (nSPS) is 26.7. The van der Waals surface area contributed by atoms with Gasteiger partial charge in [-0.15, -0.1) is 0 Å². The van der Waals surface area contributed by atoms with Crippen LogP contribution in [-0.4, -0.2) is 26.4 Å². The molecule has 0 spiro atoms. The van der Waals surface area contributed by atoms with Gasteiger partial charge in [-0.25, -0.2) is 0 Å². The number of hydrogen-bond acceptors (Lipinski definition) is 2. The molecule has 0 saturated heterocycles. The van der Waals surface area contributed by atoms with Crippen LogP contribution >= 0.6 is 0 Å². The number of carboxylic acids is 1. The highest BCUT2D eigenvalue weighted by atomic mass is 28.2. The summed E-state index contributed by atoms with van der Waals surface area (Å²) in [6.07, 6.45) is 3.60. The van der Waals surface area contributed by atoms with Gasteiger partial charge in [0, 0.05) is 0 Å². The molecular formula is C14H28O3Si. The van der Waals surface area contributed by atoms with Crippen LogP contribution < -0.4 is 0 Å². The molecule has 1 rings (SSSR count). The van der Waals surface area contributed by atoms with Crippen LogP contribution in [0.25, 0.3) is 0 Å². The minimum absolute atomic E-state index is 0.0804. The lowest BCUT2D eigenvalue weighted by molar-refractivity contribution is -0.143. The third-order valence-corrected chi connectivity index (χ3v) is 5.69. The Labute approximate surface area is 113 Å². The van der Waals surface area contributed by atoms with E-state index < -0.39 is 15.7 Å². The third kappa shape index (κ3) is 4.73. The summed E-state index contributed by atoms with van der Waals surface area (Å²) in [6.45, 7) is 11.1. The summed E-state index contributed by atoms with van der Waals surface area (Å²) >= 11 is 0. The number of aliphatic carboxylic acids is 1. The van der Waals surface area contributed by atoms with Crippen LogP contribution in [0.4, 0.5) is 0 Å². The quantitative estimate of drug-likeness (QED) is 0.800. The lowest BCUT2D eigenvalue weighted by Gasteiger charge is -2.40. The van der Waals surface area contributed by atoms with Crippen molar-refractivity contribution in [3.05, 3.63) is 0 Å². The molecule has 0 unspecified atom stereocenters. The summed E-state index contributed by atoms with van der Waals surface area (Å²) in [4.78, 5) is 10.9. The highest BCUT2D eigenvalue weighted by Crippen LogP contribution is 2.38. The summed E-state index contributed by atoms with van der Waals surface area (Å²) in [6, 6.07) is 0. The second kappa shape index (κ2) is 5.74. The van der Waals surface area contributed by atoms with Crippen molar-refractivity contribution in [2.45, 2.75) is 70.9 Å². The molecule has 0 aromatic heterocycles. The second-order valence-electron chi connectivity index (χ2n) is 7.34. The van der Waals surface area contributed by atoms with E-state index in [0.717, 1.165) is 25.7 Å². The minimum atomic E-state index is -0.628. The fourth-order valence-electron chi connectivity index (χ4n) is 2.56. The highest BCUT2D eigenvalue weighted by Gasteiger charge is 2.36. The summed E-state index contributed by atoms with van der Waals surface area (Å²) in [5.41, 5.74) is -0.0804. The molecule has 18 heavy (non-hydrogen) atoms. The summed E-state index contributed by atoms with van der Waals surface area (Å²) in [5.74, 6) is -0.240. The first-order valence-electron chi connectivity index (χ1n) is 6.98. The van der Waals surface area contributed by atoms with Gasteiger partial charge in [-0.1, -0.05) is 20.8 Å². The fraction of sp³-hybridized carbons (Fsp3) is 0.929. The number of rotatable bonds is 4. The molecule has 0 amide bonds. The number of carboxylic acid groups (broad SMARTS) is 1. The monoisotopic (exact) mass is 272 g/mol. The van der Waals surface area contributed by atoms with Crippen molar-refractivity contribution < 1.29 is 14.3 Å².